The fourth-order valence-corrected chi connectivity index (χ4v) is 3.30. The first-order valence-electron chi connectivity index (χ1n) is 7.64. The van der Waals surface area contributed by atoms with Gasteiger partial charge in [0.2, 0.25) is 0 Å². The minimum absolute atomic E-state index is 0.750. The summed E-state index contributed by atoms with van der Waals surface area (Å²) in [5.74, 6) is 1.52. The summed E-state index contributed by atoms with van der Waals surface area (Å²) in [7, 11) is 3.30. The summed E-state index contributed by atoms with van der Waals surface area (Å²) in [5, 5.41) is 4.17. The summed E-state index contributed by atoms with van der Waals surface area (Å²) in [4.78, 5) is 5.92. The molecule has 124 valence electrons. The van der Waals surface area contributed by atoms with Crippen molar-refractivity contribution in [1.29, 1.82) is 0 Å². The Kier molecular flexibility index (Phi) is 4.71. The van der Waals surface area contributed by atoms with Crippen LogP contribution in [0.2, 0.25) is 0 Å². The standard InChI is InChI=1S/C19H20N2O2S/c1-12-5-7-14(8-6-12)18-13(2)24-19(21-18)20-16-11-15(22-3)9-10-17(16)23-4/h5-11H,1-4H3,(H,20,21). The van der Waals surface area contributed by atoms with E-state index in [1.807, 2.05) is 18.2 Å². The number of rotatable bonds is 5. The molecule has 0 aliphatic heterocycles. The molecular weight excluding hydrogens is 320 g/mol. The van der Waals surface area contributed by atoms with Crippen LogP contribution in [0.4, 0.5) is 10.8 Å². The maximum absolute atomic E-state index is 5.41. The summed E-state index contributed by atoms with van der Waals surface area (Å²) >= 11 is 1.62. The lowest BCUT2D eigenvalue weighted by Gasteiger charge is -2.10. The summed E-state index contributed by atoms with van der Waals surface area (Å²) in [6, 6.07) is 14.1. The van der Waals surface area contributed by atoms with Gasteiger partial charge in [-0.25, -0.2) is 4.98 Å². The lowest BCUT2D eigenvalue weighted by Crippen LogP contribution is -1.95. The summed E-state index contributed by atoms with van der Waals surface area (Å²) in [6.07, 6.45) is 0. The Morgan fingerprint density at radius 1 is 0.958 bits per heavy atom. The molecule has 0 fully saturated rings. The zero-order valence-electron chi connectivity index (χ0n) is 14.2. The molecule has 0 aliphatic carbocycles. The third-order valence-corrected chi connectivity index (χ3v) is 4.66. The van der Waals surface area contributed by atoms with Gasteiger partial charge in [0.25, 0.3) is 0 Å². The molecule has 3 aromatic rings. The van der Waals surface area contributed by atoms with E-state index in [2.05, 4.69) is 43.4 Å². The number of thiazole rings is 1. The molecule has 0 aliphatic rings. The van der Waals surface area contributed by atoms with Crippen molar-refractivity contribution in [2.45, 2.75) is 13.8 Å². The van der Waals surface area contributed by atoms with Crippen LogP contribution < -0.4 is 14.8 Å². The van der Waals surface area contributed by atoms with Crippen molar-refractivity contribution >= 4 is 22.2 Å². The molecule has 24 heavy (non-hydrogen) atoms. The van der Waals surface area contributed by atoms with E-state index in [1.54, 1.807) is 25.6 Å². The molecule has 0 unspecified atom stereocenters. The van der Waals surface area contributed by atoms with Crippen LogP contribution >= 0.6 is 11.3 Å². The van der Waals surface area contributed by atoms with E-state index in [9.17, 15) is 0 Å². The predicted octanol–water partition coefficient (Wildman–Crippen LogP) is 5.19. The second kappa shape index (κ2) is 6.93. The predicted molar refractivity (Wildman–Crippen MR) is 99.9 cm³/mol. The van der Waals surface area contributed by atoms with Gasteiger partial charge in [-0.1, -0.05) is 29.8 Å². The second-order valence-electron chi connectivity index (χ2n) is 5.48. The van der Waals surface area contributed by atoms with Crippen molar-refractivity contribution < 1.29 is 9.47 Å². The van der Waals surface area contributed by atoms with Crippen LogP contribution in [0.15, 0.2) is 42.5 Å². The second-order valence-corrected chi connectivity index (χ2v) is 6.68. The van der Waals surface area contributed by atoms with Crippen LogP contribution in [-0.4, -0.2) is 19.2 Å². The number of anilines is 2. The zero-order chi connectivity index (χ0) is 17.1. The van der Waals surface area contributed by atoms with Crippen molar-refractivity contribution in [3.8, 4) is 22.8 Å². The van der Waals surface area contributed by atoms with Crippen LogP contribution in [0.25, 0.3) is 11.3 Å². The number of aromatic nitrogens is 1. The van der Waals surface area contributed by atoms with E-state index in [-0.39, 0.29) is 0 Å². The molecule has 4 nitrogen and oxygen atoms in total. The number of nitrogens with zero attached hydrogens (tertiary/aromatic N) is 1. The molecule has 1 N–H and O–H groups in total. The molecule has 1 heterocycles. The van der Waals surface area contributed by atoms with E-state index in [1.165, 1.54) is 10.4 Å². The van der Waals surface area contributed by atoms with Crippen LogP contribution in [0.1, 0.15) is 10.4 Å². The molecule has 5 heteroatoms. The molecule has 2 aromatic carbocycles. The number of methoxy groups -OCH3 is 2. The van der Waals surface area contributed by atoms with Gasteiger partial charge in [-0.3, -0.25) is 0 Å². The number of benzene rings is 2. The number of hydrogen-bond acceptors (Lipinski definition) is 5. The van der Waals surface area contributed by atoms with Crippen molar-refractivity contribution in [2.24, 2.45) is 0 Å². The fourth-order valence-electron chi connectivity index (χ4n) is 2.46. The Labute approximate surface area is 146 Å². The molecule has 3 rings (SSSR count). The highest BCUT2D eigenvalue weighted by molar-refractivity contribution is 7.16. The fraction of sp³-hybridized carbons (Fsp3) is 0.211. The normalized spacial score (nSPS) is 10.5. The molecule has 0 saturated heterocycles. The van der Waals surface area contributed by atoms with Gasteiger partial charge in [-0.05, 0) is 26.0 Å². The zero-order valence-corrected chi connectivity index (χ0v) is 15.0. The maximum atomic E-state index is 5.41. The Morgan fingerprint density at radius 3 is 2.38 bits per heavy atom. The highest BCUT2D eigenvalue weighted by Crippen LogP contribution is 2.36. The topological polar surface area (TPSA) is 43.4 Å². The minimum Gasteiger partial charge on any atom is -0.497 e. The van der Waals surface area contributed by atoms with Gasteiger partial charge in [-0.15, -0.1) is 11.3 Å². The van der Waals surface area contributed by atoms with Gasteiger partial charge in [-0.2, -0.15) is 0 Å². The first-order chi connectivity index (χ1) is 11.6. The van der Waals surface area contributed by atoms with Gasteiger partial charge in [0, 0.05) is 16.5 Å². The van der Waals surface area contributed by atoms with E-state index in [4.69, 9.17) is 14.5 Å². The first-order valence-corrected chi connectivity index (χ1v) is 8.46. The minimum atomic E-state index is 0.750. The quantitative estimate of drug-likeness (QED) is 0.694. The average Bonchev–Trinajstić information content (AvgIpc) is 2.95. The van der Waals surface area contributed by atoms with Crippen LogP contribution in [0.3, 0.4) is 0 Å². The summed E-state index contributed by atoms with van der Waals surface area (Å²) in [6.45, 7) is 4.17. The molecule has 0 spiro atoms. The molecule has 0 saturated carbocycles. The molecule has 0 radical (unpaired) electrons. The molecule has 0 bridgehead atoms. The molecular formula is C19H20N2O2S. The Morgan fingerprint density at radius 2 is 1.71 bits per heavy atom. The molecule has 0 amide bonds. The highest BCUT2D eigenvalue weighted by Gasteiger charge is 2.12. The van der Waals surface area contributed by atoms with Crippen molar-refractivity contribution in [2.75, 3.05) is 19.5 Å². The van der Waals surface area contributed by atoms with Crippen molar-refractivity contribution in [1.82, 2.24) is 4.98 Å². The largest absolute Gasteiger partial charge is 0.497 e. The number of aryl methyl sites for hydroxylation is 2. The van der Waals surface area contributed by atoms with Crippen LogP contribution in [0, 0.1) is 13.8 Å². The SMILES string of the molecule is COc1ccc(OC)c(Nc2nc(-c3ccc(C)cc3)c(C)s2)c1. The van der Waals surface area contributed by atoms with Gasteiger partial charge in [0.15, 0.2) is 5.13 Å². The van der Waals surface area contributed by atoms with E-state index < -0.39 is 0 Å². The molecule has 1 aromatic heterocycles. The monoisotopic (exact) mass is 340 g/mol. The van der Waals surface area contributed by atoms with E-state index in [0.29, 0.717) is 0 Å². The maximum Gasteiger partial charge on any atom is 0.188 e. The third-order valence-electron chi connectivity index (χ3n) is 3.77. The number of ether oxygens (including phenoxy) is 2. The Bertz CT molecular complexity index is 841. The average molecular weight is 340 g/mol. The number of hydrogen-bond donors (Lipinski definition) is 1. The van der Waals surface area contributed by atoms with Gasteiger partial charge in [0.1, 0.15) is 11.5 Å². The summed E-state index contributed by atoms with van der Waals surface area (Å²) in [5.41, 5.74) is 4.21. The highest BCUT2D eigenvalue weighted by atomic mass is 32.1. The Hall–Kier alpha value is -2.53. The third kappa shape index (κ3) is 3.36. The first kappa shape index (κ1) is 16.3. The van der Waals surface area contributed by atoms with E-state index in [0.717, 1.165) is 33.6 Å². The van der Waals surface area contributed by atoms with Gasteiger partial charge < -0.3 is 14.8 Å². The van der Waals surface area contributed by atoms with Crippen molar-refractivity contribution in [3.05, 3.63) is 52.9 Å². The van der Waals surface area contributed by atoms with E-state index >= 15 is 0 Å². The summed E-state index contributed by atoms with van der Waals surface area (Å²) < 4.78 is 10.7. The Balaban J connectivity index is 1.92. The smallest absolute Gasteiger partial charge is 0.188 e. The lowest BCUT2D eigenvalue weighted by atomic mass is 10.1. The van der Waals surface area contributed by atoms with Gasteiger partial charge >= 0.3 is 0 Å². The van der Waals surface area contributed by atoms with Crippen molar-refractivity contribution in [3.63, 3.8) is 0 Å². The lowest BCUT2D eigenvalue weighted by molar-refractivity contribution is 0.405. The van der Waals surface area contributed by atoms with Crippen LogP contribution in [-0.2, 0) is 0 Å². The molecule has 0 atom stereocenters. The van der Waals surface area contributed by atoms with Crippen LogP contribution in [0.5, 0.6) is 11.5 Å². The number of nitrogens with one attached hydrogen (secondary N) is 1. The van der Waals surface area contributed by atoms with Gasteiger partial charge in [0.05, 0.1) is 25.6 Å².